The van der Waals surface area contributed by atoms with Crippen molar-refractivity contribution in [3.05, 3.63) is 24.3 Å². The van der Waals surface area contributed by atoms with Gasteiger partial charge in [-0.15, -0.1) is 0 Å². The normalized spacial score (nSPS) is 12.5. The summed E-state index contributed by atoms with van der Waals surface area (Å²) in [6.45, 7) is 3.10. The summed E-state index contributed by atoms with van der Waals surface area (Å²) in [7, 11) is 3.33. The van der Waals surface area contributed by atoms with Crippen LogP contribution in [0.25, 0.3) is 0 Å². The first-order chi connectivity index (χ1) is 7.63. The van der Waals surface area contributed by atoms with E-state index in [0.717, 1.165) is 5.82 Å². The predicted molar refractivity (Wildman–Crippen MR) is 59.5 cm³/mol. The predicted octanol–water partition coefficient (Wildman–Crippen LogP) is 0.717. The SMILES string of the molecule is COC(=O)C(C)CN(C)Cc1ncccn1. The molecule has 0 aliphatic rings. The molecule has 1 aromatic rings. The third-order valence-electron chi connectivity index (χ3n) is 2.22. The molecular weight excluding hydrogens is 206 g/mol. The largest absolute Gasteiger partial charge is 0.469 e. The molecule has 0 radical (unpaired) electrons. The molecule has 1 rings (SSSR count). The lowest BCUT2D eigenvalue weighted by atomic mass is 10.2. The number of aromatic nitrogens is 2. The lowest BCUT2D eigenvalue weighted by molar-refractivity contribution is -0.145. The molecule has 1 unspecified atom stereocenters. The number of esters is 1. The fraction of sp³-hybridized carbons (Fsp3) is 0.545. The number of hydrogen-bond acceptors (Lipinski definition) is 5. The lowest BCUT2D eigenvalue weighted by Crippen LogP contribution is -2.29. The Balaban J connectivity index is 2.42. The minimum atomic E-state index is -0.194. The van der Waals surface area contributed by atoms with E-state index in [1.807, 2.05) is 18.9 Å². The summed E-state index contributed by atoms with van der Waals surface area (Å²) in [5, 5.41) is 0. The maximum Gasteiger partial charge on any atom is 0.309 e. The highest BCUT2D eigenvalue weighted by molar-refractivity contribution is 5.71. The molecule has 5 heteroatoms. The van der Waals surface area contributed by atoms with E-state index in [9.17, 15) is 4.79 Å². The topological polar surface area (TPSA) is 55.3 Å². The summed E-state index contributed by atoms with van der Waals surface area (Å²) in [4.78, 5) is 21.5. The second-order valence-electron chi connectivity index (χ2n) is 3.79. The van der Waals surface area contributed by atoms with Gasteiger partial charge in [-0.1, -0.05) is 6.92 Å². The fourth-order valence-electron chi connectivity index (χ4n) is 1.46. The molecule has 1 aromatic heterocycles. The van der Waals surface area contributed by atoms with Crippen molar-refractivity contribution in [1.29, 1.82) is 0 Å². The van der Waals surface area contributed by atoms with Crippen molar-refractivity contribution in [2.75, 3.05) is 20.7 Å². The van der Waals surface area contributed by atoms with Crippen LogP contribution in [0.15, 0.2) is 18.5 Å². The van der Waals surface area contributed by atoms with Crippen LogP contribution in [-0.4, -0.2) is 41.5 Å². The molecule has 0 N–H and O–H groups in total. The summed E-state index contributed by atoms with van der Waals surface area (Å²) in [5.41, 5.74) is 0. The zero-order valence-electron chi connectivity index (χ0n) is 9.88. The average molecular weight is 223 g/mol. The zero-order chi connectivity index (χ0) is 12.0. The standard InChI is InChI=1S/C11H17N3O2/c1-9(11(15)16-3)7-14(2)8-10-12-5-4-6-13-10/h4-6,9H,7-8H2,1-3H3. The van der Waals surface area contributed by atoms with Gasteiger partial charge in [0.1, 0.15) is 5.82 Å². The van der Waals surface area contributed by atoms with Crippen LogP contribution < -0.4 is 0 Å². The van der Waals surface area contributed by atoms with Crippen molar-refractivity contribution in [1.82, 2.24) is 14.9 Å². The monoisotopic (exact) mass is 223 g/mol. The van der Waals surface area contributed by atoms with E-state index >= 15 is 0 Å². The number of methoxy groups -OCH3 is 1. The van der Waals surface area contributed by atoms with Crippen LogP contribution in [0.3, 0.4) is 0 Å². The third-order valence-corrected chi connectivity index (χ3v) is 2.22. The van der Waals surface area contributed by atoms with Crippen molar-refractivity contribution >= 4 is 5.97 Å². The number of carbonyl (C=O) groups excluding carboxylic acids is 1. The van der Waals surface area contributed by atoms with E-state index in [1.165, 1.54) is 7.11 Å². The highest BCUT2D eigenvalue weighted by atomic mass is 16.5. The maximum atomic E-state index is 11.2. The Morgan fingerprint density at radius 3 is 2.69 bits per heavy atom. The molecule has 0 aliphatic heterocycles. The van der Waals surface area contributed by atoms with Crippen LogP contribution >= 0.6 is 0 Å². The van der Waals surface area contributed by atoms with E-state index in [0.29, 0.717) is 13.1 Å². The molecule has 0 aromatic carbocycles. The Kier molecular flexibility index (Phi) is 4.85. The van der Waals surface area contributed by atoms with E-state index < -0.39 is 0 Å². The average Bonchev–Trinajstić information content (AvgIpc) is 2.29. The van der Waals surface area contributed by atoms with Gasteiger partial charge in [-0.25, -0.2) is 9.97 Å². The van der Waals surface area contributed by atoms with Gasteiger partial charge in [0.2, 0.25) is 0 Å². The molecule has 0 fully saturated rings. The van der Waals surface area contributed by atoms with Crippen LogP contribution in [0.1, 0.15) is 12.7 Å². The Bertz CT molecular complexity index is 329. The van der Waals surface area contributed by atoms with Crippen LogP contribution in [0.5, 0.6) is 0 Å². The second kappa shape index (κ2) is 6.17. The van der Waals surface area contributed by atoms with Gasteiger partial charge in [0.15, 0.2) is 0 Å². The quantitative estimate of drug-likeness (QED) is 0.688. The number of rotatable bonds is 5. The minimum Gasteiger partial charge on any atom is -0.469 e. The molecule has 0 aliphatic carbocycles. The molecule has 0 spiro atoms. The molecule has 1 heterocycles. The van der Waals surface area contributed by atoms with Crippen LogP contribution in [0.4, 0.5) is 0 Å². The third kappa shape index (κ3) is 3.94. The van der Waals surface area contributed by atoms with Crippen molar-refractivity contribution in [3.8, 4) is 0 Å². The van der Waals surface area contributed by atoms with Gasteiger partial charge in [-0.05, 0) is 13.1 Å². The number of carbonyl (C=O) groups is 1. The van der Waals surface area contributed by atoms with Gasteiger partial charge in [0.05, 0.1) is 19.6 Å². The van der Waals surface area contributed by atoms with Crippen LogP contribution in [0.2, 0.25) is 0 Å². The van der Waals surface area contributed by atoms with Crippen LogP contribution in [-0.2, 0) is 16.1 Å². The van der Waals surface area contributed by atoms with Gasteiger partial charge >= 0.3 is 5.97 Å². The van der Waals surface area contributed by atoms with Gasteiger partial charge in [-0.2, -0.15) is 0 Å². The van der Waals surface area contributed by atoms with Gasteiger partial charge in [-0.3, -0.25) is 9.69 Å². The lowest BCUT2D eigenvalue weighted by Gasteiger charge is -2.18. The van der Waals surface area contributed by atoms with Gasteiger partial charge in [0, 0.05) is 18.9 Å². The van der Waals surface area contributed by atoms with E-state index in [-0.39, 0.29) is 11.9 Å². The Morgan fingerprint density at radius 2 is 2.12 bits per heavy atom. The maximum absolute atomic E-state index is 11.2. The zero-order valence-corrected chi connectivity index (χ0v) is 9.88. The summed E-state index contributed by atoms with van der Waals surface area (Å²) in [5.74, 6) is 0.418. The fourth-order valence-corrected chi connectivity index (χ4v) is 1.46. The molecule has 0 saturated heterocycles. The van der Waals surface area contributed by atoms with Crippen molar-refractivity contribution < 1.29 is 9.53 Å². The number of hydrogen-bond donors (Lipinski definition) is 0. The smallest absolute Gasteiger partial charge is 0.309 e. The minimum absolute atomic E-state index is 0.140. The van der Waals surface area contributed by atoms with Gasteiger partial charge in [0.25, 0.3) is 0 Å². The van der Waals surface area contributed by atoms with Gasteiger partial charge < -0.3 is 4.74 Å². The molecule has 5 nitrogen and oxygen atoms in total. The highest BCUT2D eigenvalue weighted by Crippen LogP contribution is 2.03. The van der Waals surface area contributed by atoms with Crippen LogP contribution in [0, 0.1) is 5.92 Å². The van der Waals surface area contributed by atoms with E-state index in [4.69, 9.17) is 0 Å². The second-order valence-corrected chi connectivity index (χ2v) is 3.79. The number of nitrogens with zero attached hydrogens (tertiary/aromatic N) is 3. The number of ether oxygens (including phenoxy) is 1. The van der Waals surface area contributed by atoms with Crippen molar-refractivity contribution in [2.45, 2.75) is 13.5 Å². The molecule has 16 heavy (non-hydrogen) atoms. The summed E-state index contributed by atoms with van der Waals surface area (Å²) in [6.07, 6.45) is 3.42. The molecular formula is C11H17N3O2. The van der Waals surface area contributed by atoms with Crippen molar-refractivity contribution in [2.24, 2.45) is 5.92 Å². The highest BCUT2D eigenvalue weighted by Gasteiger charge is 2.15. The molecule has 0 amide bonds. The first kappa shape index (κ1) is 12.6. The van der Waals surface area contributed by atoms with E-state index in [2.05, 4.69) is 14.7 Å². The molecule has 1 atom stereocenters. The Hall–Kier alpha value is -1.49. The molecule has 0 saturated carbocycles. The Labute approximate surface area is 95.5 Å². The Morgan fingerprint density at radius 1 is 1.50 bits per heavy atom. The van der Waals surface area contributed by atoms with E-state index in [1.54, 1.807) is 18.5 Å². The van der Waals surface area contributed by atoms with Crippen molar-refractivity contribution in [3.63, 3.8) is 0 Å². The first-order valence-corrected chi connectivity index (χ1v) is 5.15. The first-order valence-electron chi connectivity index (χ1n) is 5.15. The molecule has 0 bridgehead atoms. The molecule has 88 valence electrons. The summed E-state index contributed by atoms with van der Waals surface area (Å²) >= 11 is 0. The summed E-state index contributed by atoms with van der Waals surface area (Å²) < 4.78 is 4.67. The summed E-state index contributed by atoms with van der Waals surface area (Å²) in [6, 6.07) is 1.78.